The van der Waals surface area contributed by atoms with Gasteiger partial charge < -0.3 is 14.8 Å². The summed E-state index contributed by atoms with van der Waals surface area (Å²) in [5.74, 6) is 0.451. The number of esters is 1. The number of carbonyl (C=O) groups is 1. The fraction of sp³-hybridized carbons (Fsp3) is 0.571. The number of aromatic nitrogens is 1. The summed E-state index contributed by atoms with van der Waals surface area (Å²) >= 11 is 0. The molecular formula is C21H26N2O3. The summed E-state index contributed by atoms with van der Waals surface area (Å²) in [7, 11) is 1.50. The zero-order valence-electron chi connectivity index (χ0n) is 15.4. The molecule has 4 heterocycles. The van der Waals surface area contributed by atoms with Crippen molar-refractivity contribution in [1.29, 1.82) is 0 Å². The van der Waals surface area contributed by atoms with Crippen LogP contribution >= 0.6 is 0 Å². The second-order valence-corrected chi connectivity index (χ2v) is 8.35. The van der Waals surface area contributed by atoms with Crippen LogP contribution in [-0.2, 0) is 21.4 Å². The van der Waals surface area contributed by atoms with Gasteiger partial charge in [0.15, 0.2) is 0 Å². The third kappa shape index (κ3) is 1.96. The number of methoxy groups -OCH3 is 1. The third-order valence-corrected chi connectivity index (χ3v) is 7.24. The Kier molecular flexibility index (Phi) is 3.50. The fourth-order valence-corrected chi connectivity index (χ4v) is 6.15. The van der Waals surface area contributed by atoms with Crippen LogP contribution in [0.25, 0.3) is 10.9 Å². The van der Waals surface area contributed by atoms with Crippen LogP contribution < -0.4 is 0 Å². The summed E-state index contributed by atoms with van der Waals surface area (Å²) < 4.78 is 5.37. The van der Waals surface area contributed by atoms with E-state index in [0.717, 1.165) is 43.6 Å². The summed E-state index contributed by atoms with van der Waals surface area (Å²) in [5, 5.41) is 11.5. The normalized spacial score (nSPS) is 36.4. The highest BCUT2D eigenvalue weighted by Gasteiger charge is 2.62. The molecule has 1 aromatic heterocycles. The Morgan fingerprint density at radius 2 is 2.23 bits per heavy atom. The number of nitrogens with zero attached hydrogens (tertiary/aromatic N) is 1. The quantitative estimate of drug-likeness (QED) is 0.812. The maximum absolute atomic E-state index is 13.2. The van der Waals surface area contributed by atoms with E-state index in [0.29, 0.717) is 5.92 Å². The highest BCUT2D eigenvalue weighted by atomic mass is 16.5. The molecule has 6 rings (SSSR count). The molecule has 4 bridgehead atoms. The first-order chi connectivity index (χ1) is 12.6. The number of carbonyl (C=O) groups excluding carboxylic acids is 1. The van der Waals surface area contributed by atoms with E-state index in [9.17, 15) is 9.90 Å². The van der Waals surface area contributed by atoms with Crippen LogP contribution in [-0.4, -0.2) is 53.3 Å². The van der Waals surface area contributed by atoms with E-state index in [-0.39, 0.29) is 24.0 Å². The summed E-state index contributed by atoms with van der Waals surface area (Å²) in [6.07, 6.45) is 2.23. The van der Waals surface area contributed by atoms with E-state index in [4.69, 9.17) is 4.74 Å². The zero-order chi connectivity index (χ0) is 18.1. The first-order valence-electron chi connectivity index (χ1n) is 9.67. The molecule has 1 aliphatic carbocycles. The molecule has 5 heteroatoms. The van der Waals surface area contributed by atoms with E-state index in [1.807, 2.05) is 13.0 Å². The lowest BCUT2D eigenvalue weighted by molar-refractivity contribution is -0.164. The number of aromatic amines is 1. The Morgan fingerprint density at radius 3 is 2.96 bits per heavy atom. The van der Waals surface area contributed by atoms with E-state index in [2.05, 4.69) is 28.1 Å². The molecule has 2 saturated heterocycles. The van der Waals surface area contributed by atoms with E-state index >= 15 is 0 Å². The largest absolute Gasteiger partial charge is 0.468 e. The van der Waals surface area contributed by atoms with Crippen molar-refractivity contribution < 1.29 is 14.6 Å². The molecule has 2 N–H and O–H groups in total. The van der Waals surface area contributed by atoms with Gasteiger partial charge >= 0.3 is 5.97 Å². The molecule has 138 valence electrons. The van der Waals surface area contributed by atoms with Gasteiger partial charge in [-0.3, -0.25) is 9.69 Å². The summed E-state index contributed by atoms with van der Waals surface area (Å²) in [6, 6.07) is 8.43. The Balaban J connectivity index is 1.74. The lowest BCUT2D eigenvalue weighted by Gasteiger charge is -2.57. The van der Waals surface area contributed by atoms with Gasteiger partial charge in [0.25, 0.3) is 0 Å². The van der Waals surface area contributed by atoms with Crippen molar-refractivity contribution in [3.63, 3.8) is 0 Å². The number of aliphatic hydroxyl groups is 1. The minimum Gasteiger partial charge on any atom is -0.468 e. The molecule has 4 aliphatic rings. The topological polar surface area (TPSA) is 65.6 Å². The van der Waals surface area contributed by atoms with Crippen molar-refractivity contribution in [3.05, 3.63) is 35.5 Å². The average Bonchev–Trinajstić information content (AvgIpc) is 3.00. The second kappa shape index (κ2) is 5.57. The number of piperidine rings is 2. The van der Waals surface area contributed by atoms with Crippen LogP contribution in [0.15, 0.2) is 24.3 Å². The van der Waals surface area contributed by atoms with Crippen molar-refractivity contribution in [1.82, 2.24) is 9.88 Å². The molecule has 3 fully saturated rings. The Bertz CT molecular complexity index is 873. The molecule has 1 aromatic carbocycles. The molecule has 1 unspecified atom stereocenters. The van der Waals surface area contributed by atoms with Gasteiger partial charge in [-0.1, -0.05) is 18.2 Å². The number of H-pyrrole nitrogens is 1. The van der Waals surface area contributed by atoms with Gasteiger partial charge in [-0.15, -0.1) is 0 Å². The summed E-state index contributed by atoms with van der Waals surface area (Å²) in [5.41, 5.74) is 2.79. The van der Waals surface area contributed by atoms with Gasteiger partial charge in [0.1, 0.15) is 5.41 Å². The highest BCUT2D eigenvalue weighted by Crippen LogP contribution is 2.55. The molecule has 3 aliphatic heterocycles. The van der Waals surface area contributed by atoms with E-state index in [1.165, 1.54) is 18.1 Å². The molecule has 1 saturated carbocycles. The average molecular weight is 354 g/mol. The van der Waals surface area contributed by atoms with Crippen LogP contribution in [0.1, 0.15) is 31.0 Å². The van der Waals surface area contributed by atoms with Crippen LogP contribution in [0.2, 0.25) is 0 Å². The molecule has 0 spiro atoms. The number of para-hydroxylation sites is 1. The third-order valence-electron chi connectivity index (χ3n) is 7.24. The monoisotopic (exact) mass is 354 g/mol. The number of rotatable bonds is 2. The van der Waals surface area contributed by atoms with Crippen LogP contribution in [0, 0.1) is 11.8 Å². The maximum Gasteiger partial charge on any atom is 0.319 e. The van der Waals surface area contributed by atoms with Crippen LogP contribution in [0.4, 0.5) is 0 Å². The van der Waals surface area contributed by atoms with Gasteiger partial charge in [0, 0.05) is 35.7 Å². The van der Waals surface area contributed by atoms with Crippen LogP contribution in [0.3, 0.4) is 0 Å². The molecule has 6 atom stereocenters. The highest BCUT2D eigenvalue weighted by molar-refractivity contribution is 5.91. The van der Waals surface area contributed by atoms with Gasteiger partial charge in [0.05, 0.1) is 13.2 Å². The summed E-state index contributed by atoms with van der Waals surface area (Å²) in [4.78, 5) is 19.3. The molecule has 26 heavy (non-hydrogen) atoms. The van der Waals surface area contributed by atoms with Crippen molar-refractivity contribution in [2.75, 3.05) is 20.2 Å². The SMILES string of the molecule is COC(=O)[C@]12C[C@@H]3CN(CCc4c1[nH]c1ccccc41)[C@H]2C[C@H]3[C@H](C)O. The predicted octanol–water partition coefficient (Wildman–Crippen LogP) is 2.23. The molecule has 5 nitrogen and oxygen atoms in total. The standard InChI is InChI=1S/C21H26N2O3/c1-12(24)16-9-18-21(20(25)26-2)10-13(16)11-23(18)8-7-15-14-5-3-4-6-17(14)22-19(15)21/h3-6,12-13,16,18,22,24H,7-11H2,1-2H3/t12-,13+,16-,18-,21-/m0/s1. The fourth-order valence-electron chi connectivity index (χ4n) is 6.15. The van der Waals surface area contributed by atoms with E-state index in [1.54, 1.807) is 0 Å². The number of hydrogen-bond donors (Lipinski definition) is 2. The minimum absolute atomic E-state index is 0.0915. The maximum atomic E-state index is 13.2. The lowest BCUT2D eigenvalue weighted by Crippen LogP contribution is -2.67. The van der Waals surface area contributed by atoms with Crippen molar-refractivity contribution in [3.8, 4) is 0 Å². The molecule has 0 amide bonds. The molecule has 2 aromatic rings. The number of ether oxygens (including phenoxy) is 1. The predicted molar refractivity (Wildman–Crippen MR) is 99.0 cm³/mol. The Morgan fingerprint density at radius 1 is 1.42 bits per heavy atom. The Labute approximate surface area is 153 Å². The van der Waals surface area contributed by atoms with Crippen molar-refractivity contribution in [2.45, 2.75) is 43.7 Å². The zero-order valence-corrected chi connectivity index (χ0v) is 15.4. The lowest BCUT2D eigenvalue weighted by atomic mass is 9.56. The first-order valence-corrected chi connectivity index (χ1v) is 9.67. The van der Waals surface area contributed by atoms with E-state index < -0.39 is 5.41 Å². The Hall–Kier alpha value is -1.85. The number of nitrogens with one attached hydrogen (secondary N) is 1. The van der Waals surface area contributed by atoms with Gasteiger partial charge in [-0.05, 0) is 49.7 Å². The van der Waals surface area contributed by atoms with Gasteiger partial charge in [-0.25, -0.2) is 0 Å². The van der Waals surface area contributed by atoms with Gasteiger partial charge in [-0.2, -0.15) is 0 Å². The van der Waals surface area contributed by atoms with Crippen LogP contribution in [0.5, 0.6) is 0 Å². The van der Waals surface area contributed by atoms with Crippen molar-refractivity contribution >= 4 is 16.9 Å². The molecular weight excluding hydrogens is 328 g/mol. The number of benzene rings is 1. The first kappa shape index (κ1) is 16.3. The minimum atomic E-state index is -0.645. The number of hydrogen-bond acceptors (Lipinski definition) is 4. The number of fused-ring (bicyclic) bond motifs is 4. The second-order valence-electron chi connectivity index (χ2n) is 8.35. The number of aliphatic hydroxyl groups excluding tert-OH is 1. The smallest absolute Gasteiger partial charge is 0.319 e. The molecule has 0 radical (unpaired) electrons. The van der Waals surface area contributed by atoms with Crippen molar-refractivity contribution in [2.24, 2.45) is 11.8 Å². The van der Waals surface area contributed by atoms with Gasteiger partial charge in [0.2, 0.25) is 0 Å². The summed E-state index contributed by atoms with van der Waals surface area (Å²) in [6.45, 7) is 3.83.